The minimum Gasteiger partial charge on any atom is -0.508 e. The monoisotopic (exact) mass is 411 g/mol. The van der Waals surface area contributed by atoms with Crippen LogP contribution in [0.2, 0.25) is 0 Å². The second kappa shape index (κ2) is 9.54. The first-order valence-electron chi connectivity index (χ1n) is 10.2. The van der Waals surface area contributed by atoms with E-state index in [1.165, 1.54) is 24.0 Å². The molecule has 1 heterocycles. The van der Waals surface area contributed by atoms with Gasteiger partial charge >= 0.3 is 0 Å². The van der Waals surface area contributed by atoms with Crippen LogP contribution in [0.3, 0.4) is 0 Å². The predicted molar refractivity (Wildman–Crippen MR) is 110 cm³/mol. The van der Waals surface area contributed by atoms with Gasteiger partial charge in [0, 0.05) is 26.2 Å². The van der Waals surface area contributed by atoms with Gasteiger partial charge in [0.1, 0.15) is 5.75 Å². The number of phenols is 1. The van der Waals surface area contributed by atoms with E-state index >= 15 is 0 Å². The molecule has 7 nitrogen and oxygen atoms in total. The molecule has 2 fully saturated rings. The maximum atomic E-state index is 12.2. The van der Waals surface area contributed by atoms with Gasteiger partial charge in [0.15, 0.2) is 0 Å². The highest BCUT2D eigenvalue weighted by Crippen LogP contribution is 2.35. The Balaban J connectivity index is 1.48. The van der Waals surface area contributed by atoms with Gasteiger partial charge in [-0.3, -0.25) is 0 Å². The molecule has 0 spiro atoms. The fourth-order valence-electron chi connectivity index (χ4n) is 4.15. The van der Waals surface area contributed by atoms with E-state index < -0.39 is 10.2 Å². The number of ether oxygens (including phenoxy) is 1. The van der Waals surface area contributed by atoms with E-state index in [1.54, 1.807) is 6.07 Å². The number of aromatic hydroxyl groups is 1. The molecular weight excluding hydrogens is 378 g/mol. The van der Waals surface area contributed by atoms with E-state index in [-0.39, 0.29) is 18.2 Å². The molecule has 1 aromatic carbocycles. The zero-order valence-electron chi connectivity index (χ0n) is 16.8. The Morgan fingerprint density at radius 3 is 2.64 bits per heavy atom. The van der Waals surface area contributed by atoms with Crippen molar-refractivity contribution in [3.8, 4) is 5.75 Å². The summed E-state index contributed by atoms with van der Waals surface area (Å²) in [4.78, 5) is 0. The zero-order chi connectivity index (χ0) is 20.1. The molecule has 8 heteroatoms. The van der Waals surface area contributed by atoms with Crippen molar-refractivity contribution in [1.82, 2.24) is 14.3 Å². The molecule has 3 rings (SSSR count). The first-order valence-corrected chi connectivity index (χ1v) is 11.6. The van der Waals surface area contributed by atoms with Crippen LogP contribution in [0.25, 0.3) is 0 Å². The maximum absolute atomic E-state index is 12.2. The summed E-state index contributed by atoms with van der Waals surface area (Å²) in [5.74, 6) is 0.796. The molecule has 1 saturated heterocycles. The van der Waals surface area contributed by atoms with E-state index in [4.69, 9.17) is 4.74 Å². The highest BCUT2D eigenvalue weighted by molar-refractivity contribution is 7.87. The van der Waals surface area contributed by atoms with Gasteiger partial charge in [-0.2, -0.15) is 17.4 Å². The fourth-order valence-corrected chi connectivity index (χ4v) is 5.02. The Labute approximate surface area is 168 Å². The van der Waals surface area contributed by atoms with Crippen LogP contribution in [0.4, 0.5) is 0 Å². The minimum absolute atomic E-state index is 0.00716. The van der Waals surface area contributed by atoms with Gasteiger partial charge in [-0.1, -0.05) is 12.1 Å². The topological polar surface area (TPSA) is 90.9 Å². The maximum Gasteiger partial charge on any atom is 0.279 e. The van der Waals surface area contributed by atoms with Gasteiger partial charge in [-0.15, -0.1) is 0 Å². The van der Waals surface area contributed by atoms with E-state index in [2.05, 4.69) is 16.1 Å². The van der Waals surface area contributed by atoms with Gasteiger partial charge in [-0.05, 0) is 68.7 Å². The minimum atomic E-state index is -3.45. The summed E-state index contributed by atoms with van der Waals surface area (Å²) in [5, 5.41) is 13.1. The molecule has 1 aliphatic heterocycles. The third-order valence-electron chi connectivity index (χ3n) is 5.89. The van der Waals surface area contributed by atoms with Crippen molar-refractivity contribution in [2.45, 2.75) is 62.6 Å². The molecule has 3 N–H and O–H groups in total. The van der Waals surface area contributed by atoms with Crippen molar-refractivity contribution in [3.05, 3.63) is 29.8 Å². The van der Waals surface area contributed by atoms with Crippen LogP contribution in [-0.2, 0) is 14.9 Å². The Bertz CT molecular complexity index is 733. The van der Waals surface area contributed by atoms with Crippen molar-refractivity contribution in [3.63, 3.8) is 0 Å². The molecule has 0 amide bonds. The van der Waals surface area contributed by atoms with Crippen LogP contribution in [0, 0.1) is 0 Å². The van der Waals surface area contributed by atoms with Crippen LogP contribution in [-0.4, -0.2) is 63.3 Å². The van der Waals surface area contributed by atoms with Crippen molar-refractivity contribution >= 4 is 10.2 Å². The van der Waals surface area contributed by atoms with Crippen LogP contribution in [0.15, 0.2) is 24.3 Å². The van der Waals surface area contributed by atoms with E-state index in [1.807, 2.05) is 12.1 Å². The number of phenolic OH excluding ortho intramolecular Hbond substituents is 1. The normalized spacial score (nSPS) is 29.1. The van der Waals surface area contributed by atoms with E-state index in [0.29, 0.717) is 18.3 Å². The molecule has 2 unspecified atom stereocenters. The summed E-state index contributed by atoms with van der Waals surface area (Å²) in [7, 11) is -0.375. The van der Waals surface area contributed by atoms with Crippen LogP contribution in [0.5, 0.6) is 5.75 Å². The molecule has 0 radical (unpaired) electrons. The van der Waals surface area contributed by atoms with E-state index in [0.717, 1.165) is 45.1 Å². The molecule has 2 aliphatic rings. The second-order valence-electron chi connectivity index (χ2n) is 8.12. The fraction of sp³-hybridized carbons (Fsp3) is 0.700. The number of piperidine rings is 1. The van der Waals surface area contributed by atoms with Crippen molar-refractivity contribution in [1.29, 1.82) is 0 Å². The van der Waals surface area contributed by atoms with Gasteiger partial charge in [0.25, 0.3) is 10.2 Å². The molecule has 0 aromatic heterocycles. The number of rotatable bonds is 7. The molecule has 28 heavy (non-hydrogen) atoms. The number of nitrogens with one attached hydrogen (secondary N) is 2. The standard InChI is InChI=1S/C20H33N3O4S/c1-23(2)28(25,26)22-19-7-4-12-21-20(19)14-27-18-10-8-15(9-11-18)16-5-3-6-17(24)13-16/h3,5-6,13,15,18-22,24H,4,7-12,14H2,1-2H3. The van der Waals surface area contributed by atoms with Gasteiger partial charge in [0.05, 0.1) is 12.7 Å². The van der Waals surface area contributed by atoms with Crippen molar-refractivity contribution < 1.29 is 18.3 Å². The number of hydrogen-bond acceptors (Lipinski definition) is 5. The molecule has 1 saturated carbocycles. The summed E-state index contributed by atoms with van der Waals surface area (Å²) in [6, 6.07) is 7.39. The third-order valence-corrected chi connectivity index (χ3v) is 7.45. The first-order chi connectivity index (χ1) is 13.3. The highest BCUT2D eigenvalue weighted by Gasteiger charge is 2.31. The summed E-state index contributed by atoms with van der Waals surface area (Å²) >= 11 is 0. The Morgan fingerprint density at radius 1 is 1.21 bits per heavy atom. The molecule has 158 valence electrons. The van der Waals surface area contributed by atoms with Crippen molar-refractivity contribution in [2.24, 2.45) is 0 Å². The highest BCUT2D eigenvalue weighted by atomic mass is 32.2. The number of hydrogen-bond donors (Lipinski definition) is 3. The average molecular weight is 412 g/mol. The number of benzene rings is 1. The van der Waals surface area contributed by atoms with Crippen LogP contribution >= 0.6 is 0 Å². The third kappa shape index (κ3) is 5.67. The van der Waals surface area contributed by atoms with Crippen molar-refractivity contribution in [2.75, 3.05) is 27.2 Å². The molecule has 1 aromatic rings. The smallest absolute Gasteiger partial charge is 0.279 e. The van der Waals surface area contributed by atoms with Crippen LogP contribution < -0.4 is 10.0 Å². The summed E-state index contributed by atoms with van der Waals surface area (Å²) in [5.41, 5.74) is 1.20. The van der Waals surface area contributed by atoms with Gasteiger partial charge < -0.3 is 15.2 Å². The van der Waals surface area contributed by atoms with Gasteiger partial charge in [-0.25, -0.2) is 0 Å². The van der Waals surface area contributed by atoms with E-state index in [9.17, 15) is 13.5 Å². The lowest BCUT2D eigenvalue weighted by Gasteiger charge is -2.35. The number of nitrogens with zero attached hydrogens (tertiary/aromatic N) is 1. The Morgan fingerprint density at radius 2 is 1.96 bits per heavy atom. The second-order valence-corrected chi connectivity index (χ2v) is 10.0. The molecule has 0 bridgehead atoms. The predicted octanol–water partition coefficient (Wildman–Crippen LogP) is 1.95. The summed E-state index contributed by atoms with van der Waals surface area (Å²) in [6.45, 7) is 1.40. The summed E-state index contributed by atoms with van der Waals surface area (Å²) < 4.78 is 34.5. The van der Waals surface area contributed by atoms with Crippen LogP contribution in [0.1, 0.15) is 50.0 Å². The Kier molecular flexibility index (Phi) is 7.33. The Hall–Kier alpha value is -1.19. The quantitative estimate of drug-likeness (QED) is 0.638. The zero-order valence-corrected chi connectivity index (χ0v) is 17.6. The molecule has 1 aliphatic carbocycles. The lowest BCUT2D eigenvalue weighted by molar-refractivity contribution is 0.00515. The largest absolute Gasteiger partial charge is 0.508 e. The van der Waals surface area contributed by atoms with Gasteiger partial charge in [0.2, 0.25) is 0 Å². The first kappa shape index (κ1) is 21.5. The average Bonchev–Trinajstić information content (AvgIpc) is 2.67. The SMILES string of the molecule is CN(C)S(=O)(=O)NC1CCCNC1COC1CCC(c2cccc(O)c2)CC1. The summed E-state index contributed by atoms with van der Waals surface area (Å²) in [6.07, 6.45) is 6.04. The lowest BCUT2D eigenvalue weighted by Crippen LogP contribution is -2.57. The molecule has 2 atom stereocenters. The molecular formula is C20H33N3O4S. The lowest BCUT2D eigenvalue weighted by atomic mass is 9.82.